The van der Waals surface area contributed by atoms with Crippen molar-refractivity contribution in [2.24, 2.45) is 11.8 Å². The first-order valence-electron chi connectivity index (χ1n) is 8.26. The summed E-state index contributed by atoms with van der Waals surface area (Å²) in [6.07, 6.45) is 2.90. The molecule has 1 aliphatic rings. The largest absolute Gasteiger partial charge is 0.455 e. The third-order valence-corrected chi connectivity index (χ3v) is 5.15. The quantitative estimate of drug-likeness (QED) is 0.822. The SMILES string of the molecule is C[C@@H]1[C@H](C)CCC[C@H]1NC(=O)COC(=O)Cc1c(F)cccc1Cl. The molecule has 1 aromatic carbocycles. The zero-order valence-electron chi connectivity index (χ0n) is 14.0. The van der Waals surface area contributed by atoms with Gasteiger partial charge in [0.25, 0.3) is 5.91 Å². The Hall–Kier alpha value is -1.62. The highest BCUT2D eigenvalue weighted by molar-refractivity contribution is 6.31. The van der Waals surface area contributed by atoms with E-state index < -0.39 is 11.8 Å². The Morgan fingerprint density at radius 3 is 2.79 bits per heavy atom. The van der Waals surface area contributed by atoms with Crippen molar-refractivity contribution in [3.8, 4) is 0 Å². The molecule has 0 radical (unpaired) electrons. The van der Waals surface area contributed by atoms with Crippen molar-refractivity contribution in [3.63, 3.8) is 0 Å². The van der Waals surface area contributed by atoms with Crippen molar-refractivity contribution >= 4 is 23.5 Å². The van der Waals surface area contributed by atoms with Crippen LogP contribution in [0.2, 0.25) is 5.02 Å². The van der Waals surface area contributed by atoms with Gasteiger partial charge in [-0.1, -0.05) is 44.4 Å². The van der Waals surface area contributed by atoms with Gasteiger partial charge in [0.15, 0.2) is 6.61 Å². The molecule has 0 bridgehead atoms. The molecule has 4 nitrogen and oxygen atoms in total. The highest BCUT2D eigenvalue weighted by Gasteiger charge is 2.28. The molecule has 0 heterocycles. The summed E-state index contributed by atoms with van der Waals surface area (Å²) >= 11 is 5.87. The van der Waals surface area contributed by atoms with Gasteiger partial charge in [-0.25, -0.2) is 4.39 Å². The van der Waals surface area contributed by atoms with Crippen molar-refractivity contribution in [1.29, 1.82) is 0 Å². The normalized spacial score (nSPS) is 23.6. The number of esters is 1. The highest BCUT2D eigenvalue weighted by Crippen LogP contribution is 2.29. The zero-order valence-corrected chi connectivity index (χ0v) is 14.7. The topological polar surface area (TPSA) is 55.4 Å². The minimum absolute atomic E-state index is 0.0827. The van der Waals surface area contributed by atoms with Crippen LogP contribution in [0, 0.1) is 17.7 Å². The van der Waals surface area contributed by atoms with E-state index in [-0.39, 0.29) is 35.6 Å². The van der Waals surface area contributed by atoms with Gasteiger partial charge in [0.1, 0.15) is 5.82 Å². The molecule has 0 unspecified atom stereocenters. The fraction of sp³-hybridized carbons (Fsp3) is 0.556. The van der Waals surface area contributed by atoms with Crippen LogP contribution in [-0.2, 0) is 20.7 Å². The molecule has 0 aliphatic heterocycles. The monoisotopic (exact) mass is 355 g/mol. The summed E-state index contributed by atoms with van der Waals surface area (Å²) in [5, 5.41) is 3.09. The second-order valence-electron chi connectivity index (χ2n) is 6.48. The lowest BCUT2D eigenvalue weighted by atomic mass is 9.78. The summed E-state index contributed by atoms with van der Waals surface area (Å²) in [6, 6.07) is 4.31. The van der Waals surface area contributed by atoms with Gasteiger partial charge < -0.3 is 10.1 Å². The lowest BCUT2D eigenvalue weighted by Gasteiger charge is -2.34. The number of rotatable bonds is 5. The number of hydrogen-bond acceptors (Lipinski definition) is 3. The molecule has 0 saturated heterocycles. The Kier molecular flexibility index (Phi) is 6.60. The average Bonchev–Trinajstić information content (AvgIpc) is 2.53. The first-order chi connectivity index (χ1) is 11.4. The van der Waals surface area contributed by atoms with E-state index in [2.05, 4.69) is 19.2 Å². The van der Waals surface area contributed by atoms with Crippen LogP contribution in [0.15, 0.2) is 18.2 Å². The first kappa shape index (κ1) is 18.7. The molecule has 1 N–H and O–H groups in total. The first-order valence-corrected chi connectivity index (χ1v) is 8.64. The predicted molar refractivity (Wildman–Crippen MR) is 90.2 cm³/mol. The molecule has 24 heavy (non-hydrogen) atoms. The standard InChI is InChI=1S/C18H23ClFNO3/c1-11-5-3-8-16(12(11)2)21-17(22)10-24-18(23)9-13-14(19)6-4-7-15(13)20/h4,6-7,11-12,16H,3,5,8-10H2,1-2H3,(H,21,22)/t11-,12-,16-/m1/s1. The summed E-state index contributed by atoms with van der Waals surface area (Å²) in [5.41, 5.74) is 0.0827. The van der Waals surface area contributed by atoms with E-state index in [1.807, 2.05) is 0 Å². The number of carbonyl (C=O) groups is 2. The Labute approximate surface area is 146 Å². The van der Waals surface area contributed by atoms with Gasteiger partial charge in [-0.2, -0.15) is 0 Å². The second-order valence-corrected chi connectivity index (χ2v) is 6.89. The molecule has 1 aromatic rings. The van der Waals surface area contributed by atoms with Crippen LogP contribution in [0.25, 0.3) is 0 Å². The van der Waals surface area contributed by atoms with Gasteiger partial charge in [-0.3, -0.25) is 9.59 Å². The van der Waals surface area contributed by atoms with E-state index in [9.17, 15) is 14.0 Å². The van der Waals surface area contributed by atoms with Crippen LogP contribution in [-0.4, -0.2) is 24.5 Å². The molecular weight excluding hydrogens is 333 g/mol. The third-order valence-electron chi connectivity index (χ3n) is 4.80. The number of nitrogens with one attached hydrogen (secondary N) is 1. The van der Waals surface area contributed by atoms with Crippen LogP contribution in [0.3, 0.4) is 0 Å². The van der Waals surface area contributed by atoms with Crippen molar-refractivity contribution in [1.82, 2.24) is 5.32 Å². The maximum Gasteiger partial charge on any atom is 0.310 e. The summed E-state index contributed by atoms with van der Waals surface area (Å²) in [7, 11) is 0. The van der Waals surface area contributed by atoms with Crippen molar-refractivity contribution in [3.05, 3.63) is 34.6 Å². The minimum Gasteiger partial charge on any atom is -0.455 e. The van der Waals surface area contributed by atoms with Crippen molar-refractivity contribution in [2.45, 2.75) is 45.6 Å². The van der Waals surface area contributed by atoms with Gasteiger partial charge in [-0.15, -0.1) is 0 Å². The second kappa shape index (κ2) is 8.47. The minimum atomic E-state index is -0.679. The third kappa shape index (κ3) is 4.94. The number of benzene rings is 1. The molecular formula is C18H23ClFNO3. The van der Waals surface area contributed by atoms with Crippen LogP contribution >= 0.6 is 11.6 Å². The van der Waals surface area contributed by atoms with Gasteiger partial charge in [-0.05, 0) is 30.4 Å². The van der Waals surface area contributed by atoms with E-state index in [4.69, 9.17) is 16.3 Å². The van der Waals surface area contributed by atoms with Crippen molar-refractivity contribution < 1.29 is 18.7 Å². The number of ether oxygens (including phenoxy) is 1. The Morgan fingerprint density at radius 1 is 1.33 bits per heavy atom. The Bertz CT molecular complexity index is 588. The van der Waals surface area contributed by atoms with Crippen LogP contribution in [0.1, 0.15) is 38.7 Å². The van der Waals surface area contributed by atoms with E-state index >= 15 is 0 Å². The lowest BCUT2D eigenvalue weighted by molar-refractivity contribution is -0.148. The Morgan fingerprint density at radius 2 is 2.08 bits per heavy atom. The molecule has 132 valence electrons. The predicted octanol–water partition coefficient (Wildman–Crippen LogP) is 3.51. The molecule has 1 saturated carbocycles. The summed E-state index contributed by atoms with van der Waals surface area (Å²) in [5.74, 6) is -0.601. The maximum absolute atomic E-state index is 13.6. The van der Waals surface area contributed by atoms with E-state index in [0.29, 0.717) is 11.8 Å². The fourth-order valence-corrected chi connectivity index (χ4v) is 3.31. The number of halogens is 2. The van der Waals surface area contributed by atoms with Gasteiger partial charge in [0, 0.05) is 16.6 Å². The summed E-state index contributed by atoms with van der Waals surface area (Å²) < 4.78 is 18.6. The van der Waals surface area contributed by atoms with E-state index in [1.165, 1.54) is 24.6 Å². The molecule has 3 atom stereocenters. The van der Waals surface area contributed by atoms with E-state index in [0.717, 1.165) is 12.8 Å². The highest BCUT2D eigenvalue weighted by atomic mass is 35.5. The maximum atomic E-state index is 13.6. The number of hydrogen-bond donors (Lipinski definition) is 1. The smallest absolute Gasteiger partial charge is 0.310 e. The van der Waals surface area contributed by atoms with E-state index in [1.54, 1.807) is 0 Å². The van der Waals surface area contributed by atoms with Gasteiger partial charge in [0.2, 0.25) is 0 Å². The fourth-order valence-electron chi connectivity index (χ4n) is 3.08. The lowest BCUT2D eigenvalue weighted by Crippen LogP contribution is -2.45. The van der Waals surface area contributed by atoms with Crippen LogP contribution in [0.4, 0.5) is 4.39 Å². The molecule has 0 aromatic heterocycles. The molecule has 6 heteroatoms. The van der Waals surface area contributed by atoms with Crippen LogP contribution in [0.5, 0.6) is 0 Å². The van der Waals surface area contributed by atoms with Crippen molar-refractivity contribution in [2.75, 3.05) is 6.61 Å². The van der Waals surface area contributed by atoms with Gasteiger partial charge >= 0.3 is 5.97 Å². The molecule has 0 spiro atoms. The molecule has 1 amide bonds. The Balaban J connectivity index is 1.80. The number of amides is 1. The summed E-state index contributed by atoms with van der Waals surface area (Å²) in [6.45, 7) is 3.95. The van der Waals surface area contributed by atoms with Crippen LogP contribution < -0.4 is 5.32 Å². The summed E-state index contributed by atoms with van der Waals surface area (Å²) in [4.78, 5) is 23.8. The zero-order chi connectivity index (χ0) is 17.7. The van der Waals surface area contributed by atoms with Gasteiger partial charge in [0.05, 0.1) is 6.42 Å². The average molecular weight is 356 g/mol. The molecule has 1 fully saturated rings. The molecule has 1 aliphatic carbocycles. The molecule has 2 rings (SSSR count). The number of carbonyl (C=O) groups excluding carboxylic acids is 2.